The molecule has 0 radical (unpaired) electrons. The van der Waals surface area contributed by atoms with Crippen molar-refractivity contribution in [2.75, 3.05) is 37.6 Å². The Morgan fingerprint density at radius 2 is 1.67 bits per heavy atom. The van der Waals surface area contributed by atoms with Crippen LogP contribution in [0.4, 0.5) is 18.9 Å². The van der Waals surface area contributed by atoms with Crippen LogP contribution in [0, 0.1) is 0 Å². The zero-order valence-electron chi connectivity index (χ0n) is 12.1. The van der Waals surface area contributed by atoms with E-state index in [9.17, 15) is 18.3 Å². The van der Waals surface area contributed by atoms with Crippen molar-refractivity contribution in [3.05, 3.63) is 29.8 Å². The van der Waals surface area contributed by atoms with E-state index in [1.807, 2.05) is 31.2 Å². The standard InChI is InChI=1S/C15H21F3N2O/c1-2-14(21)12-3-5-13(6-4-12)20-9-7-19(8-10-20)11-15(16,17)18/h3-6,14,21H,2,7-11H2,1H3/t14-/m0/s1. The predicted molar refractivity (Wildman–Crippen MR) is 76.4 cm³/mol. The summed E-state index contributed by atoms with van der Waals surface area (Å²) in [6.07, 6.45) is -3.92. The molecule has 21 heavy (non-hydrogen) atoms. The SMILES string of the molecule is CC[C@H](O)c1ccc(N2CCN(CC(F)(F)F)CC2)cc1. The summed E-state index contributed by atoms with van der Waals surface area (Å²) in [6.45, 7) is 3.09. The first kappa shape index (κ1) is 16.1. The Labute approximate surface area is 123 Å². The van der Waals surface area contributed by atoms with E-state index in [0.717, 1.165) is 11.3 Å². The van der Waals surface area contributed by atoms with Crippen molar-refractivity contribution < 1.29 is 18.3 Å². The van der Waals surface area contributed by atoms with Gasteiger partial charge in [0.1, 0.15) is 0 Å². The number of aliphatic hydroxyl groups excluding tert-OH is 1. The highest BCUT2D eigenvalue weighted by Gasteiger charge is 2.32. The lowest BCUT2D eigenvalue weighted by Gasteiger charge is -2.36. The minimum atomic E-state index is -4.12. The molecule has 1 aliphatic heterocycles. The number of nitrogens with zero attached hydrogens (tertiary/aromatic N) is 2. The number of aliphatic hydroxyl groups is 1. The molecule has 0 aliphatic carbocycles. The maximum Gasteiger partial charge on any atom is 0.401 e. The van der Waals surface area contributed by atoms with Crippen LogP contribution in [0.5, 0.6) is 0 Å². The van der Waals surface area contributed by atoms with Gasteiger partial charge < -0.3 is 10.0 Å². The highest BCUT2D eigenvalue weighted by Crippen LogP contribution is 2.23. The second-order valence-electron chi connectivity index (χ2n) is 5.39. The number of hydrogen-bond donors (Lipinski definition) is 1. The summed E-state index contributed by atoms with van der Waals surface area (Å²) in [5.74, 6) is 0. The molecule has 1 heterocycles. The van der Waals surface area contributed by atoms with Crippen LogP contribution in [0.1, 0.15) is 25.0 Å². The number of piperazine rings is 1. The van der Waals surface area contributed by atoms with Crippen LogP contribution < -0.4 is 4.90 Å². The summed E-state index contributed by atoms with van der Waals surface area (Å²) in [5, 5.41) is 9.75. The van der Waals surface area contributed by atoms with Crippen LogP contribution in [-0.4, -0.2) is 48.9 Å². The molecule has 0 unspecified atom stereocenters. The molecule has 0 spiro atoms. The molecule has 1 aromatic rings. The van der Waals surface area contributed by atoms with Crippen LogP contribution in [0.15, 0.2) is 24.3 Å². The van der Waals surface area contributed by atoms with Gasteiger partial charge in [0.15, 0.2) is 0 Å². The second-order valence-corrected chi connectivity index (χ2v) is 5.39. The fraction of sp³-hybridized carbons (Fsp3) is 0.600. The van der Waals surface area contributed by atoms with Gasteiger partial charge in [-0.2, -0.15) is 13.2 Å². The lowest BCUT2D eigenvalue weighted by atomic mass is 10.1. The van der Waals surface area contributed by atoms with Crippen LogP contribution in [0.25, 0.3) is 0 Å². The van der Waals surface area contributed by atoms with Crippen LogP contribution in [-0.2, 0) is 0 Å². The summed E-state index contributed by atoms with van der Waals surface area (Å²) >= 11 is 0. The van der Waals surface area contributed by atoms with Gasteiger partial charge in [-0.25, -0.2) is 0 Å². The van der Waals surface area contributed by atoms with Gasteiger partial charge in [0.05, 0.1) is 12.6 Å². The van der Waals surface area contributed by atoms with Gasteiger partial charge in [0.25, 0.3) is 0 Å². The lowest BCUT2D eigenvalue weighted by Crippen LogP contribution is -2.49. The minimum absolute atomic E-state index is 0.416. The minimum Gasteiger partial charge on any atom is -0.388 e. The zero-order valence-corrected chi connectivity index (χ0v) is 12.1. The number of anilines is 1. The molecule has 6 heteroatoms. The molecule has 2 rings (SSSR count). The molecule has 0 amide bonds. The Balaban J connectivity index is 1.90. The van der Waals surface area contributed by atoms with Crippen molar-refractivity contribution in [1.82, 2.24) is 4.90 Å². The normalized spacial score (nSPS) is 18.8. The Hall–Kier alpha value is -1.27. The smallest absolute Gasteiger partial charge is 0.388 e. The third-order valence-corrected chi connectivity index (χ3v) is 3.80. The first-order valence-electron chi connectivity index (χ1n) is 7.21. The lowest BCUT2D eigenvalue weighted by molar-refractivity contribution is -0.146. The molecule has 1 aromatic carbocycles. The second kappa shape index (κ2) is 6.66. The molecule has 1 saturated heterocycles. The number of alkyl halides is 3. The van der Waals surface area contributed by atoms with Gasteiger partial charge in [-0.05, 0) is 24.1 Å². The van der Waals surface area contributed by atoms with Gasteiger partial charge in [0, 0.05) is 31.9 Å². The monoisotopic (exact) mass is 302 g/mol. The van der Waals surface area contributed by atoms with Crippen molar-refractivity contribution in [2.45, 2.75) is 25.6 Å². The molecular formula is C15H21F3N2O. The van der Waals surface area contributed by atoms with E-state index >= 15 is 0 Å². The summed E-state index contributed by atoms with van der Waals surface area (Å²) in [7, 11) is 0. The molecule has 1 N–H and O–H groups in total. The summed E-state index contributed by atoms with van der Waals surface area (Å²) in [4.78, 5) is 3.51. The van der Waals surface area contributed by atoms with Crippen molar-refractivity contribution in [2.24, 2.45) is 0 Å². The fourth-order valence-corrected chi connectivity index (χ4v) is 2.56. The molecule has 0 saturated carbocycles. The molecule has 0 aromatic heterocycles. The molecule has 1 fully saturated rings. The number of halogens is 3. The average molecular weight is 302 g/mol. The van der Waals surface area contributed by atoms with Gasteiger partial charge in [-0.1, -0.05) is 19.1 Å². The molecule has 1 aliphatic rings. The largest absolute Gasteiger partial charge is 0.401 e. The highest BCUT2D eigenvalue weighted by atomic mass is 19.4. The molecular weight excluding hydrogens is 281 g/mol. The molecule has 3 nitrogen and oxygen atoms in total. The van der Waals surface area contributed by atoms with Gasteiger partial charge in [0.2, 0.25) is 0 Å². The van der Waals surface area contributed by atoms with E-state index in [1.54, 1.807) is 0 Å². The van der Waals surface area contributed by atoms with E-state index < -0.39 is 18.8 Å². The third kappa shape index (κ3) is 4.61. The first-order chi connectivity index (χ1) is 9.89. The van der Waals surface area contributed by atoms with E-state index in [1.165, 1.54) is 4.90 Å². The Kier molecular flexibility index (Phi) is 5.11. The Morgan fingerprint density at radius 3 is 2.14 bits per heavy atom. The van der Waals surface area contributed by atoms with E-state index in [2.05, 4.69) is 4.90 Å². The Morgan fingerprint density at radius 1 is 1.10 bits per heavy atom. The van der Waals surface area contributed by atoms with E-state index in [0.29, 0.717) is 32.6 Å². The molecule has 1 atom stereocenters. The number of benzene rings is 1. The summed E-state index contributed by atoms with van der Waals surface area (Å²) in [6, 6.07) is 7.61. The van der Waals surface area contributed by atoms with Crippen molar-refractivity contribution in [3.63, 3.8) is 0 Å². The quantitative estimate of drug-likeness (QED) is 0.926. The van der Waals surface area contributed by atoms with Crippen LogP contribution >= 0.6 is 0 Å². The Bertz CT molecular complexity index is 439. The van der Waals surface area contributed by atoms with Crippen molar-refractivity contribution in [3.8, 4) is 0 Å². The highest BCUT2D eigenvalue weighted by molar-refractivity contribution is 5.48. The number of rotatable bonds is 4. The number of hydrogen-bond acceptors (Lipinski definition) is 3. The van der Waals surface area contributed by atoms with Gasteiger partial charge in [-0.15, -0.1) is 0 Å². The summed E-state index contributed by atoms with van der Waals surface area (Å²) < 4.78 is 37.0. The third-order valence-electron chi connectivity index (χ3n) is 3.80. The zero-order chi connectivity index (χ0) is 15.5. The predicted octanol–water partition coefficient (Wildman–Crippen LogP) is 2.81. The van der Waals surface area contributed by atoms with Crippen LogP contribution in [0.2, 0.25) is 0 Å². The summed E-state index contributed by atoms with van der Waals surface area (Å²) in [5.41, 5.74) is 1.87. The van der Waals surface area contributed by atoms with Crippen molar-refractivity contribution >= 4 is 5.69 Å². The molecule has 0 bridgehead atoms. The molecule has 118 valence electrons. The van der Waals surface area contributed by atoms with Gasteiger partial charge in [-0.3, -0.25) is 4.90 Å². The van der Waals surface area contributed by atoms with E-state index in [4.69, 9.17) is 0 Å². The maximum absolute atomic E-state index is 12.3. The fourth-order valence-electron chi connectivity index (χ4n) is 2.56. The van der Waals surface area contributed by atoms with Gasteiger partial charge >= 0.3 is 6.18 Å². The topological polar surface area (TPSA) is 26.7 Å². The first-order valence-corrected chi connectivity index (χ1v) is 7.21. The van der Waals surface area contributed by atoms with Crippen molar-refractivity contribution in [1.29, 1.82) is 0 Å². The maximum atomic E-state index is 12.3. The average Bonchev–Trinajstić information content (AvgIpc) is 2.46. The van der Waals surface area contributed by atoms with E-state index in [-0.39, 0.29) is 0 Å². The van der Waals surface area contributed by atoms with Crippen LogP contribution in [0.3, 0.4) is 0 Å².